The fraction of sp³-hybridized carbons (Fsp3) is 0.263. The molecule has 0 bridgehead atoms. The molecule has 0 aliphatic carbocycles. The van der Waals surface area contributed by atoms with Gasteiger partial charge in [0.2, 0.25) is 11.7 Å². The summed E-state index contributed by atoms with van der Waals surface area (Å²) in [4.78, 5) is 22.6. The Morgan fingerprint density at radius 1 is 1.26 bits per heavy atom. The van der Waals surface area contributed by atoms with E-state index in [9.17, 15) is 4.79 Å². The zero-order valence-corrected chi connectivity index (χ0v) is 16.6. The van der Waals surface area contributed by atoms with E-state index in [1.165, 1.54) is 0 Å². The van der Waals surface area contributed by atoms with Crippen molar-refractivity contribution >= 4 is 34.0 Å². The van der Waals surface area contributed by atoms with Gasteiger partial charge in [0, 0.05) is 19.2 Å². The molecule has 0 radical (unpaired) electrons. The number of aryl methyl sites for hydroxylation is 2. The number of nitrogens with zero attached hydrogens (tertiary/aromatic N) is 4. The number of aromatic nitrogens is 4. The maximum atomic E-state index is 12.5. The SMILES string of the molecule is Cc1ccc2nc(SCCCc3nc(-c4cccs4)no3)n(C)c(=O)c2c1. The Hall–Kier alpha value is -2.45. The zero-order valence-electron chi connectivity index (χ0n) is 15.0. The number of hydrogen-bond acceptors (Lipinski definition) is 7. The van der Waals surface area contributed by atoms with Crippen LogP contribution in [-0.4, -0.2) is 25.4 Å². The maximum absolute atomic E-state index is 12.5. The molecule has 0 saturated carbocycles. The molecule has 8 heteroatoms. The molecule has 0 unspecified atom stereocenters. The monoisotopic (exact) mass is 398 g/mol. The van der Waals surface area contributed by atoms with Crippen LogP contribution in [0.5, 0.6) is 0 Å². The minimum atomic E-state index is -0.0105. The quantitative estimate of drug-likeness (QED) is 0.277. The fourth-order valence-corrected chi connectivity index (χ4v) is 4.30. The van der Waals surface area contributed by atoms with E-state index >= 15 is 0 Å². The first-order chi connectivity index (χ1) is 13.1. The van der Waals surface area contributed by atoms with Crippen molar-refractivity contribution in [3.8, 4) is 10.7 Å². The number of thiophene rings is 1. The van der Waals surface area contributed by atoms with E-state index in [1.807, 2.05) is 42.6 Å². The summed E-state index contributed by atoms with van der Waals surface area (Å²) in [7, 11) is 1.77. The Balaban J connectivity index is 1.40. The summed E-state index contributed by atoms with van der Waals surface area (Å²) < 4.78 is 6.94. The molecule has 0 aliphatic rings. The fourth-order valence-electron chi connectivity index (χ4n) is 2.74. The van der Waals surface area contributed by atoms with Crippen LogP contribution >= 0.6 is 23.1 Å². The summed E-state index contributed by atoms with van der Waals surface area (Å²) in [5.41, 5.74) is 1.79. The number of thioether (sulfide) groups is 1. The Morgan fingerprint density at radius 2 is 2.15 bits per heavy atom. The lowest BCUT2D eigenvalue weighted by Gasteiger charge is -2.08. The van der Waals surface area contributed by atoms with Crippen molar-refractivity contribution in [1.82, 2.24) is 19.7 Å². The van der Waals surface area contributed by atoms with Gasteiger partial charge in [-0.15, -0.1) is 11.3 Å². The highest BCUT2D eigenvalue weighted by Crippen LogP contribution is 2.22. The summed E-state index contributed by atoms with van der Waals surface area (Å²) in [6.07, 6.45) is 1.56. The molecule has 138 valence electrons. The van der Waals surface area contributed by atoms with Gasteiger partial charge in [-0.05, 0) is 36.9 Å². The van der Waals surface area contributed by atoms with Crippen LogP contribution in [0.2, 0.25) is 0 Å². The van der Waals surface area contributed by atoms with E-state index in [0.717, 1.165) is 33.3 Å². The number of benzene rings is 1. The van der Waals surface area contributed by atoms with Crippen molar-refractivity contribution < 1.29 is 4.52 Å². The molecule has 4 aromatic rings. The highest BCUT2D eigenvalue weighted by atomic mass is 32.2. The molecule has 0 fully saturated rings. The van der Waals surface area contributed by atoms with E-state index in [0.29, 0.717) is 23.5 Å². The van der Waals surface area contributed by atoms with Gasteiger partial charge in [-0.1, -0.05) is 34.6 Å². The smallest absolute Gasteiger partial charge is 0.261 e. The van der Waals surface area contributed by atoms with Gasteiger partial charge in [0.1, 0.15) is 0 Å². The van der Waals surface area contributed by atoms with Crippen LogP contribution < -0.4 is 5.56 Å². The Kier molecular flexibility index (Phi) is 5.09. The van der Waals surface area contributed by atoms with Crippen LogP contribution in [-0.2, 0) is 13.5 Å². The van der Waals surface area contributed by atoms with E-state index in [1.54, 1.807) is 34.7 Å². The average molecular weight is 399 g/mol. The van der Waals surface area contributed by atoms with Gasteiger partial charge in [0.05, 0.1) is 15.8 Å². The Morgan fingerprint density at radius 3 is 2.96 bits per heavy atom. The molecule has 0 amide bonds. The minimum absolute atomic E-state index is 0.0105. The molecule has 0 saturated heterocycles. The summed E-state index contributed by atoms with van der Waals surface area (Å²) in [6.45, 7) is 1.98. The van der Waals surface area contributed by atoms with Crippen molar-refractivity contribution in [3.63, 3.8) is 0 Å². The molecule has 27 heavy (non-hydrogen) atoms. The zero-order chi connectivity index (χ0) is 18.8. The van der Waals surface area contributed by atoms with Crippen LogP contribution in [0.3, 0.4) is 0 Å². The van der Waals surface area contributed by atoms with Crippen LogP contribution in [0.25, 0.3) is 21.6 Å². The van der Waals surface area contributed by atoms with Crippen LogP contribution in [0.15, 0.2) is 50.2 Å². The van der Waals surface area contributed by atoms with Crippen molar-refractivity contribution in [2.75, 3.05) is 5.75 Å². The second-order valence-electron chi connectivity index (χ2n) is 6.22. The predicted octanol–water partition coefficient (Wildman–Crippen LogP) is 4.08. The lowest BCUT2D eigenvalue weighted by atomic mass is 10.2. The molecular formula is C19H18N4O2S2. The van der Waals surface area contributed by atoms with Gasteiger partial charge < -0.3 is 4.52 Å². The highest BCUT2D eigenvalue weighted by molar-refractivity contribution is 7.99. The largest absolute Gasteiger partial charge is 0.339 e. The molecule has 1 aromatic carbocycles. The second kappa shape index (κ2) is 7.66. The van der Waals surface area contributed by atoms with E-state index in [-0.39, 0.29) is 5.56 Å². The number of hydrogen-bond donors (Lipinski definition) is 0. The minimum Gasteiger partial charge on any atom is -0.339 e. The van der Waals surface area contributed by atoms with Gasteiger partial charge in [-0.25, -0.2) is 4.98 Å². The van der Waals surface area contributed by atoms with Gasteiger partial charge in [0.15, 0.2) is 5.16 Å². The van der Waals surface area contributed by atoms with Gasteiger partial charge in [-0.2, -0.15) is 4.98 Å². The molecule has 0 aliphatic heterocycles. The van der Waals surface area contributed by atoms with Crippen molar-refractivity contribution in [2.24, 2.45) is 7.05 Å². The van der Waals surface area contributed by atoms with Crippen LogP contribution in [0.4, 0.5) is 0 Å². The first-order valence-electron chi connectivity index (χ1n) is 8.58. The normalized spacial score (nSPS) is 11.3. The molecule has 0 spiro atoms. The van der Waals surface area contributed by atoms with Crippen LogP contribution in [0.1, 0.15) is 17.9 Å². The Bertz CT molecular complexity index is 1130. The lowest BCUT2D eigenvalue weighted by Crippen LogP contribution is -2.20. The first kappa shape index (κ1) is 17.9. The topological polar surface area (TPSA) is 73.8 Å². The van der Waals surface area contributed by atoms with Crippen molar-refractivity contribution in [1.29, 1.82) is 0 Å². The van der Waals surface area contributed by atoms with E-state index in [2.05, 4.69) is 15.1 Å². The lowest BCUT2D eigenvalue weighted by molar-refractivity contribution is 0.378. The van der Waals surface area contributed by atoms with Gasteiger partial charge in [0.25, 0.3) is 5.56 Å². The van der Waals surface area contributed by atoms with E-state index in [4.69, 9.17) is 4.52 Å². The van der Waals surface area contributed by atoms with Crippen molar-refractivity contribution in [3.05, 3.63) is 57.5 Å². The molecule has 6 nitrogen and oxygen atoms in total. The van der Waals surface area contributed by atoms with Crippen LogP contribution in [0, 0.1) is 6.92 Å². The Labute approximate surface area is 164 Å². The maximum Gasteiger partial charge on any atom is 0.261 e. The third-order valence-electron chi connectivity index (χ3n) is 4.17. The molecule has 3 aromatic heterocycles. The second-order valence-corrected chi connectivity index (χ2v) is 8.23. The summed E-state index contributed by atoms with van der Waals surface area (Å²) in [5.74, 6) is 2.09. The van der Waals surface area contributed by atoms with E-state index < -0.39 is 0 Å². The molecule has 0 atom stereocenters. The summed E-state index contributed by atoms with van der Waals surface area (Å²) >= 11 is 3.16. The first-order valence-corrected chi connectivity index (χ1v) is 10.4. The van der Waals surface area contributed by atoms with Gasteiger partial charge in [-0.3, -0.25) is 9.36 Å². The summed E-state index contributed by atoms with van der Waals surface area (Å²) in [6, 6.07) is 9.71. The summed E-state index contributed by atoms with van der Waals surface area (Å²) in [5, 5.41) is 7.40. The van der Waals surface area contributed by atoms with Gasteiger partial charge >= 0.3 is 0 Å². The molecular weight excluding hydrogens is 380 g/mol. The van der Waals surface area contributed by atoms with Crippen molar-refractivity contribution in [2.45, 2.75) is 24.9 Å². The average Bonchev–Trinajstić information content (AvgIpc) is 3.34. The molecule has 4 rings (SSSR count). The molecule has 0 N–H and O–H groups in total. The third-order valence-corrected chi connectivity index (χ3v) is 6.15. The number of rotatable bonds is 6. The molecule has 3 heterocycles. The number of fused-ring (bicyclic) bond motifs is 1. The highest BCUT2D eigenvalue weighted by Gasteiger charge is 2.11. The predicted molar refractivity (Wildman–Crippen MR) is 108 cm³/mol. The third kappa shape index (κ3) is 3.81. The standard InChI is InChI=1S/C19H18N4O2S2/c1-12-7-8-14-13(11-12)18(24)23(2)19(20-14)27-10-4-6-16-21-17(22-25-16)15-5-3-9-26-15/h3,5,7-9,11H,4,6,10H2,1-2H3.